The van der Waals surface area contributed by atoms with Crippen molar-refractivity contribution in [1.29, 1.82) is 0 Å². The summed E-state index contributed by atoms with van der Waals surface area (Å²) in [5.41, 5.74) is 0.922. The van der Waals surface area contributed by atoms with Crippen molar-refractivity contribution >= 4 is 17.5 Å². The van der Waals surface area contributed by atoms with Gasteiger partial charge in [-0.05, 0) is 36.4 Å². The summed E-state index contributed by atoms with van der Waals surface area (Å²) in [7, 11) is 1.45. The van der Waals surface area contributed by atoms with Gasteiger partial charge >= 0.3 is 5.69 Å². The predicted molar refractivity (Wildman–Crippen MR) is 82.0 cm³/mol. The van der Waals surface area contributed by atoms with E-state index >= 15 is 0 Å². The number of halogens is 2. The second kappa shape index (κ2) is 7.36. The number of hydrogen-bond acceptors (Lipinski definition) is 6. The number of aromatic nitrogens is 4. The molecule has 0 atom stereocenters. The van der Waals surface area contributed by atoms with Crippen molar-refractivity contribution in [3.05, 3.63) is 34.2 Å². The minimum Gasteiger partial charge on any atom is -0.391 e. The molecule has 0 bridgehead atoms. The fourth-order valence-corrected chi connectivity index (χ4v) is 2.45. The molecule has 0 saturated heterocycles. The lowest BCUT2D eigenvalue weighted by atomic mass is 10.2. The minimum absolute atomic E-state index is 0.0700. The van der Waals surface area contributed by atoms with Gasteiger partial charge in [-0.25, -0.2) is 4.79 Å². The van der Waals surface area contributed by atoms with E-state index in [4.69, 9.17) is 4.84 Å². The van der Waals surface area contributed by atoms with Crippen molar-refractivity contribution in [3.63, 3.8) is 0 Å². The summed E-state index contributed by atoms with van der Waals surface area (Å²) in [6.45, 7) is 3.42. The Morgan fingerprint density at radius 1 is 1.39 bits per heavy atom. The monoisotopic (exact) mass is 343 g/mol. The summed E-state index contributed by atoms with van der Waals surface area (Å²) in [6, 6.07) is 4.69. The van der Waals surface area contributed by atoms with E-state index < -0.39 is 11.4 Å². The molecular formula is C13H15F2N5O2S. The van der Waals surface area contributed by atoms with Crippen molar-refractivity contribution in [3.8, 4) is 5.69 Å². The molecule has 0 fully saturated rings. The summed E-state index contributed by atoms with van der Waals surface area (Å²) in [6.07, 6.45) is 0. The maximum atomic E-state index is 12.8. The van der Waals surface area contributed by atoms with Crippen molar-refractivity contribution in [2.24, 2.45) is 12.2 Å². The second-order valence-corrected chi connectivity index (χ2v) is 5.77. The molecule has 7 nitrogen and oxygen atoms in total. The van der Waals surface area contributed by atoms with E-state index in [0.717, 1.165) is 9.36 Å². The third-order valence-electron chi connectivity index (χ3n) is 2.73. The molecule has 1 aromatic carbocycles. The van der Waals surface area contributed by atoms with Crippen molar-refractivity contribution in [2.75, 3.05) is 0 Å². The van der Waals surface area contributed by atoms with Crippen molar-refractivity contribution in [1.82, 2.24) is 19.8 Å². The molecule has 0 amide bonds. The van der Waals surface area contributed by atoms with E-state index in [1.54, 1.807) is 26.0 Å². The number of alkyl halides is 2. The lowest BCUT2D eigenvalue weighted by Crippen LogP contribution is -2.23. The number of benzene rings is 1. The first-order chi connectivity index (χ1) is 10.9. The van der Waals surface area contributed by atoms with Crippen LogP contribution in [0.2, 0.25) is 0 Å². The third kappa shape index (κ3) is 4.15. The lowest BCUT2D eigenvalue weighted by Gasteiger charge is -2.12. The Morgan fingerprint density at radius 2 is 2.13 bits per heavy atom. The number of rotatable bonds is 6. The number of hydrogen-bond donors (Lipinski definition) is 0. The molecule has 0 spiro atoms. The Labute approximate surface area is 134 Å². The standard InChI is InChI=1S/C13H15F2N5O2S/c1-8(2)16-22-7-9-10(20-13(21)19(3)17-18-20)5-4-6-11(9)23-12(14)15/h4-6,12H,7H2,1-3H3. The van der Waals surface area contributed by atoms with Crippen molar-refractivity contribution < 1.29 is 13.6 Å². The van der Waals surface area contributed by atoms with Gasteiger partial charge in [-0.2, -0.15) is 18.1 Å². The number of tetrazole rings is 1. The van der Waals surface area contributed by atoms with E-state index in [9.17, 15) is 13.6 Å². The van der Waals surface area contributed by atoms with Crippen LogP contribution < -0.4 is 5.69 Å². The zero-order valence-corrected chi connectivity index (χ0v) is 13.5. The van der Waals surface area contributed by atoms with E-state index in [0.29, 0.717) is 33.6 Å². The highest BCUT2D eigenvalue weighted by atomic mass is 32.2. The largest absolute Gasteiger partial charge is 0.391 e. The molecule has 23 heavy (non-hydrogen) atoms. The zero-order chi connectivity index (χ0) is 17.0. The van der Waals surface area contributed by atoms with Gasteiger partial charge in [0.25, 0.3) is 5.76 Å². The quantitative estimate of drug-likeness (QED) is 0.457. The maximum Gasteiger partial charge on any atom is 0.368 e. The number of aryl methyl sites for hydroxylation is 1. The predicted octanol–water partition coefficient (Wildman–Crippen LogP) is 2.19. The van der Waals surface area contributed by atoms with Gasteiger partial charge in [0, 0.05) is 17.5 Å². The summed E-state index contributed by atoms with van der Waals surface area (Å²) in [5, 5.41) is 11.2. The molecule has 0 aliphatic heterocycles. The maximum absolute atomic E-state index is 12.8. The van der Waals surface area contributed by atoms with Crippen LogP contribution >= 0.6 is 11.8 Å². The molecule has 0 radical (unpaired) electrons. The molecule has 124 valence electrons. The molecule has 1 heterocycles. The molecule has 2 aromatic rings. The Kier molecular flexibility index (Phi) is 5.48. The molecule has 0 aliphatic rings. The van der Waals surface area contributed by atoms with Crippen molar-refractivity contribution in [2.45, 2.75) is 31.1 Å². The summed E-state index contributed by atoms with van der Waals surface area (Å²) < 4.78 is 27.6. The SMILES string of the molecule is CC(C)=NOCc1c(SC(F)F)cccc1-n1nnn(C)c1=O. The Bertz CT molecular complexity index is 768. The molecule has 10 heteroatoms. The highest BCUT2D eigenvalue weighted by molar-refractivity contribution is 7.99. The average molecular weight is 343 g/mol. The minimum atomic E-state index is -2.60. The van der Waals surface area contributed by atoms with Crippen LogP contribution in [0.1, 0.15) is 19.4 Å². The Hall–Kier alpha value is -2.23. The van der Waals surface area contributed by atoms with Gasteiger partial charge in [0.2, 0.25) is 0 Å². The van der Waals surface area contributed by atoms with E-state index in [2.05, 4.69) is 15.6 Å². The first-order valence-electron chi connectivity index (χ1n) is 6.59. The highest BCUT2D eigenvalue weighted by Gasteiger charge is 2.18. The van der Waals surface area contributed by atoms with Gasteiger partial charge in [-0.15, -0.1) is 0 Å². The van der Waals surface area contributed by atoms with Crippen LogP contribution in [-0.2, 0) is 18.5 Å². The second-order valence-electron chi connectivity index (χ2n) is 4.74. The van der Waals surface area contributed by atoms with Crippen LogP contribution in [0, 0.1) is 0 Å². The number of oxime groups is 1. The van der Waals surface area contributed by atoms with Crippen LogP contribution in [-0.4, -0.2) is 31.3 Å². The molecule has 0 unspecified atom stereocenters. The normalized spacial score (nSPS) is 10.9. The molecule has 2 rings (SSSR count). The van der Waals surface area contributed by atoms with Gasteiger partial charge in [-0.3, -0.25) is 0 Å². The molecule has 0 N–H and O–H groups in total. The van der Waals surface area contributed by atoms with Crippen LogP contribution in [0.5, 0.6) is 0 Å². The zero-order valence-electron chi connectivity index (χ0n) is 12.7. The van der Waals surface area contributed by atoms with E-state index in [1.807, 2.05) is 0 Å². The third-order valence-corrected chi connectivity index (χ3v) is 3.54. The van der Waals surface area contributed by atoms with Crippen LogP contribution in [0.4, 0.5) is 8.78 Å². The fraction of sp³-hybridized carbons (Fsp3) is 0.385. The van der Waals surface area contributed by atoms with Crippen LogP contribution in [0.3, 0.4) is 0 Å². The summed E-state index contributed by atoms with van der Waals surface area (Å²) in [4.78, 5) is 17.5. The lowest BCUT2D eigenvalue weighted by molar-refractivity contribution is 0.128. The van der Waals surface area contributed by atoms with Gasteiger partial charge < -0.3 is 4.84 Å². The Balaban J connectivity index is 2.50. The molecular weight excluding hydrogens is 328 g/mol. The first kappa shape index (κ1) is 17.1. The highest BCUT2D eigenvalue weighted by Crippen LogP contribution is 2.31. The van der Waals surface area contributed by atoms with Crippen LogP contribution in [0.25, 0.3) is 5.69 Å². The van der Waals surface area contributed by atoms with E-state index in [-0.39, 0.29) is 6.61 Å². The summed E-state index contributed by atoms with van der Waals surface area (Å²) >= 11 is 0.373. The molecule has 1 aromatic heterocycles. The number of thioether (sulfide) groups is 1. The molecule has 0 saturated carbocycles. The van der Waals surface area contributed by atoms with Gasteiger partial charge in [-0.1, -0.05) is 23.0 Å². The van der Waals surface area contributed by atoms with Gasteiger partial charge in [0.15, 0.2) is 0 Å². The Morgan fingerprint density at radius 3 is 2.70 bits per heavy atom. The summed E-state index contributed by atoms with van der Waals surface area (Å²) in [5.74, 6) is -2.60. The van der Waals surface area contributed by atoms with E-state index in [1.165, 1.54) is 13.1 Å². The van der Waals surface area contributed by atoms with Crippen LogP contribution in [0.15, 0.2) is 33.0 Å². The first-order valence-corrected chi connectivity index (χ1v) is 7.47. The molecule has 0 aliphatic carbocycles. The number of nitrogens with zero attached hydrogens (tertiary/aromatic N) is 5. The smallest absolute Gasteiger partial charge is 0.368 e. The average Bonchev–Trinajstić information content (AvgIpc) is 2.79. The van der Waals surface area contributed by atoms with Gasteiger partial charge in [0.05, 0.1) is 11.4 Å². The fourth-order valence-electron chi connectivity index (χ4n) is 1.79. The van der Waals surface area contributed by atoms with Gasteiger partial charge in [0.1, 0.15) is 6.61 Å². The topological polar surface area (TPSA) is 74.3 Å².